The summed E-state index contributed by atoms with van der Waals surface area (Å²) in [5, 5.41) is 5.65. The molecular formula is C15H23F3N2O4. The number of carbonyl (C=O) groups is 2. The third-order valence-electron chi connectivity index (χ3n) is 4.62. The molecule has 0 heterocycles. The van der Waals surface area contributed by atoms with Crippen molar-refractivity contribution in [3.05, 3.63) is 0 Å². The van der Waals surface area contributed by atoms with Crippen molar-refractivity contribution in [2.45, 2.75) is 69.7 Å². The first-order valence-corrected chi connectivity index (χ1v) is 8.12. The van der Waals surface area contributed by atoms with Crippen LogP contribution >= 0.6 is 0 Å². The number of rotatable bonds is 7. The number of alkyl halides is 3. The maximum atomic E-state index is 12.0. The maximum absolute atomic E-state index is 12.0. The van der Waals surface area contributed by atoms with Crippen LogP contribution in [0.5, 0.6) is 0 Å². The lowest BCUT2D eigenvalue weighted by atomic mass is 9.83. The van der Waals surface area contributed by atoms with Crippen molar-refractivity contribution in [2.24, 2.45) is 5.92 Å². The Balaban J connectivity index is 1.59. The van der Waals surface area contributed by atoms with Crippen molar-refractivity contribution in [1.29, 1.82) is 0 Å². The smallest absolute Gasteiger partial charge is 0.368 e. The van der Waals surface area contributed by atoms with Gasteiger partial charge in [0.25, 0.3) is 0 Å². The van der Waals surface area contributed by atoms with Crippen LogP contribution in [-0.2, 0) is 19.1 Å². The van der Waals surface area contributed by atoms with E-state index in [1.54, 1.807) is 0 Å². The second-order valence-corrected chi connectivity index (χ2v) is 6.54. The van der Waals surface area contributed by atoms with Crippen LogP contribution in [0.15, 0.2) is 0 Å². The van der Waals surface area contributed by atoms with Crippen molar-refractivity contribution < 1.29 is 32.2 Å². The first kappa shape index (κ1) is 19.0. The molecule has 0 aliphatic heterocycles. The van der Waals surface area contributed by atoms with Gasteiger partial charge in [-0.1, -0.05) is 6.92 Å². The van der Waals surface area contributed by atoms with Crippen molar-refractivity contribution in [2.75, 3.05) is 6.61 Å². The van der Waals surface area contributed by atoms with Crippen molar-refractivity contribution in [3.8, 4) is 0 Å². The van der Waals surface area contributed by atoms with Gasteiger partial charge in [-0.3, -0.25) is 14.3 Å². The molecule has 9 heteroatoms. The SMILES string of the molecule is C[C@H]1C[C@@H](NC(=O)COC2CC(OC(F)(F)F)C2)CC[C@H]1NC=O. The second kappa shape index (κ2) is 8.15. The molecule has 0 aromatic rings. The molecule has 2 amide bonds. The molecule has 2 aliphatic rings. The predicted octanol–water partition coefficient (Wildman–Crippen LogP) is 1.49. The van der Waals surface area contributed by atoms with Crippen LogP contribution in [0.2, 0.25) is 0 Å². The van der Waals surface area contributed by atoms with Gasteiger partial charge < -0.3 is 15.4 Å². The lowest BCUT2D eigenvalue weighted by Gasteiger charge is -2.36. The van der Waals surface area contributed by atoms with Gasteiger partial charge in [0.05, 0.1) is 12.2 Å². The van der Waals surface area contributed by atoms with Crippen LogP contribution in [0.25, 0.3) is 0 Å². The quantitative estimate of drug-likeness (QED) is 0.681. The molecule has 0 unspecified atom stereocenters. The van der Waals surface area contributed by atoms with E-state index in [1.165, 1.54) is 0 Å². The highest BCUT2D eigenvalue weighted by atomic mass is 19.4. The minimum atomic E-state index is -4.62. The minimum Gasteiger partial charge on any atom is -0.368 e. The summed E-state index contributed by atoms with van der Waals surface area (Å²) in [4.78, 5) is 22.4. The molecular weight excluding hydrogens is 329 g/mol. The Morgan fingerprint density at radius 2 is 1.92 bits per heavy atom. The van der Waals surface area contributed by atoms with E-state index in [2.05, 4.69) is 15.4 Å². The molecule has 2 aliphatic carbocycles. The molecule has 138 valence electrons. The van der Waals surface area contributed by atoms with Crippen LogP contribution in [0.1, 0.15) is 39.0 Å². The molecule has 2 fully saturated rings. The lowest BCUT2D eigenvalue weighted by Crippen LogP contribution is -2.47. The topological polar surface area (TPSA) is 76.7 Å². The van der Waals surface area contributed by atoms with Gasteiger partial charge in [0.1, 0.15) is 6.61 Å². The standard InChI is InChI=1S/C15H23F3N2O4/c1-9-4-10(2-3-13(9)19-8-21)20-14(22)7-23-11-5-12(6-11)24-15(16,17)18/h8-13H,2-7H2,1H3,(H,19,21)(H,20,22)/t9-,10-,11?,12?,13+/m0/s1. The van der Waals surface area contributed by atoms with E-state index in [4.69, 9.17) is 4.74 Å². The molecule has 24 heavy (non-hydrogen) atoms. The van der Waals surface area contributed by atoms with Gasteiger partial charge in [0.2, 0.25) is 12.3 Å². The fraction of sp³-hybridized carbons (Fsp3) is 0.867. The van der Waals surface area contributed by atoms with E-state index in [1.807, 2.05) is 6.92 Å². The summed E-state index contributed by atoms with van der Waals surface area (Å²) < 4.78 is 45.1. The molecule has 6 nitrogen and oxygen atoms in total. The molecule has 2 rings (SSSR count). The summed E-state index contributed by atoms with van der Waals surface area (Å²) >= 11 is 0. The second-order valence-electron chi connectivity index (χ2n) is 6.54. The van der Waals surface area contributed by atoms with E-state index in [9.17, 15) is 22.8 Å². The third kappa shape index (κ3) is 5.94. The summed E-state index contributed by atoms with van der Waals surface area (Å²) in [6, 6.07) is 0.163. The maximum Gasteiger partial charge on any atom is 0.522 e. The lowest BCUT2D eigenvalue weighted by molar-refractivity contribution is -0.357. The Bertz CT molecular complexity index is 441. The van der Waals surface area contributed by atoms with E-state index in [-0.39, 0.29) is 49.5 Å². The van der Waals surface area contributed by atoms with Gasteiger partial charge in [-0.05, 0) is 25.2 Å². The number of nitrogens with one attached hydrogen (secondary N) is 2. The Hall–Kier alpha value is -1.35. The predicted molar refractivity (Wildman–Crippen MR) is 77.8 cm³/mol. The van der Waals surface area contributed by atoms with E-state index < -0.39 is 12.5 Å². The summed E-state index contributed by atoms with van der Waals surface area (Å²) in [6.07, 6.45) is -2.55. The van der Waals surface area contributed by atoms with Crippen molar-refractivity contribution in [3.63, 3.8) is 0 Å². The Morgan fingerprint density at radius 3 is 2.50 bits per heavy atom. The third-order valence-corrected chi connectivity index (χ3v) is 4.62. The molecule has 3 atom stereocenters. The van der Waals surface area contributed by atoms with Crippen LogP contribution in [0.3, 0.4) is 0 Å². The molecule has 0 radical (unpaired) electrons. The number of amides is 2. The van der Waals surface area contributed by atoms with E-state index in [0.29, 0.717) is 6.41 Å². The average Bonchev–Trinajstić information content (AvgIpc) is 2.43. The Kier molecular flexibility index (Phi) is 6.45. The highest BCUT2D eigenvalue weighted by Gasteiger charge is 2.40. The number of ether oxygens (including phenoxy) is 2. The molecule has 0 aromatic heterocycles. The van der Waals surface area contributed by atoms with Crippen LogP contribution in [-0.4, -0.2) is 49.6 Å². The monoisotopic (exact) mass is 352 g/mol. The first-order chi connectivity index (χ1) is 11.3. The molecule has 0 spiro atoms. The van der Waals surface area contributed by atoms with E-state index in [0.717, 1.165) is 19.3 Å². The summed E-state index contributed by atoms with van der Waals surface area (Å²) in [5.41, 5.74) is 0. The molecule has 0 bridgehead atoms. The van der Waals surface area contributed by atoms with Gasteiger partial charge in [0, 0.05) is 24.9 Å². The minimum absolute atomic E-state index is 0.0310. The molecule has 2 N–H and O–H groups in total. The number of hydrogen-bond donors (Lipinski definition) is 2. The summed E-state index contributed by atoms with van der Waals surface area (Å²) in [6.45, 7) is 1.86. The fourth-order valence-electron chi connectivity index (χ4n) is 3.26. The first-order valence-electron chi connectivity index (χ1n) is 8.12. The van der Waals surface area contributed by atoms with Crippen molar-refractivity contribution in [1.82, 2.24) is 10.6 Å². The summed E-state index contributed by atoms with van der Waals surface area (Å²) in [5.74, 6) is -0.00346. The highest BCUT2D eigenvalue weighted by molar-refractivity contribution is 5.77. The molecule has 0 saturated heterocycles. The number of hydrogen-bond acceptors (Lipinski definition) is 4. The van der Waals surface area contributed by atoms with Gasteiger partial charge in [-0.25, -0.2) is 0 Å². The zero-order chi connectivity index (χ0) is 17.7. The number of carbonyl (C=O) groups excluding carboxylic acids is 2. The van der Waals surface area contributed by atoms with Crippen LogP contribution in [0, 0.1) is 5.92 Å². The average molecular weight is 352 g/mol. The van der Waals surface area contributed by atoms with Gasteiger partial charge in [-0.2, -0.15) is 0 Å². The highest BCUT2D eigenvalue weighted by Crippen LogP contribution is 2.32. The largest absolute Gasteiger partial charge is 0.522 e. The van der Waals surface area contributed by atoms with Gasteiger partial charge >= 0.3 is 6.36 Å². The van der Waals surface area contributed by atoms with E-state index >= 15 is 0 Å². The molecule has 0 aromatic carbocycles. The van der Waals surface area contributed by atoms with Crippen LogP contribution < -0.4 is 10.6 Å². The van der Waals surface area contributed by atoms with Crippen LogP contribution in [0.4, 0.5) is 13.2 Å². The number of halogens is 3. The van der Waals surface area contributed by atoms with Gasteiger partial charge in [-0.15, -0.1) is 13.2 Å². The molecule has 2 saturated carbocycles. The Labute approximate surface area is 138 Å². The van der Waals surface area contributed by atoms with Crippen molar-refractivity contribution >= 4 is 12.3 Å². The zero-order valence-electron chi connectivity index (χ0n) is 13.5. The zero-order valence-corrected chi connectivity index (χ0v) is 13.5. The fourth-order valence-corrected chi connectivity index (χ4v) is 3.26. The summed E-state index contributed by atoms with van der Waals surface area (Å²) in [7, 11) is 0. The normalized spacial score (nSPS) is 33.4. The van der Waals surface area contributed by atoms with Gasteiger partial charge in [0.15, 0.2) is 0 Å². The Morgan fingerprint density at radius 1 is 1.21 bits per heavy atom.